The van der Waals surface area contributed by atoms with Crippen molar-refractivity contribution in [2.24, 2.45) is 0 Å². The Morgan fingerprint density at radius 1 is 1.14 bits per heavy atom. The molecule has 0 spiro atoms. The number of halogens is 2. The summed E-state index contributed by atoms with van der Waals surface area (Å²) in [5, 5.41) is 5.10. The number of fused-ring (bicyclic) bond motifs is 1. The highest BCUT2D eigenvalue weighted by Gasteiger charge is 2.06. The first kappa shape index (κ1) is 14.3. The smallest absolute Gasteiger partial charge is 0.137 e. The van der Waals surface area contributed by atoms with E-state index in [9.17, 15) is 0 Å². The lowest BCUT2D eigenvalue weighted by molar-refractivity contribution is 1.05. The lowest BCUT2D eigenvalue weighted by Gasteiger charge is -2.10. The third-order valence-corrected chi connectivity index (χ3v) is 3.85. The minimum Gasteiger partial charge on any atom is -0.365 e. The second kappa shape index (κ2) is 6.00. The third-order valence-electron chi connectivity index (χ3n) is 3.12. The summed E-state index contributed by atoms with van der Waals surface area (Å²) in [6, 6.07) is 13.8. The lowest BCUT2D eigenvalue weighted by Crippen LogP contribution is -2.04. The van der Waals surface area contributed by atoms with E-state index in [2.05, 4.69) is 31.2 Å². The average molecular weight is 363 g/mol. The van der Waals surface area contributed by atoms with E-state index in [-0.39, 0.29) is 0 Å². The van der Waals surface area contributed by atoms with Gasteiger partial charge >= 0.3 is 0 Å². The van der Waals surface area contributed by atoms with Gasteiger partial charge in [0.15, 0.2) is 0 Å². The predicted octanol–water partition coefficient (Wildman–Crippen LogP) is 4.97. The van der Waals surface area contributed by atoms with Gasteiger partial charge in [0.2, 0.25) is 0 Å². The molecule has 0 aliphatic heterocycles. The Bertz CT molecular complexity index is 805. The van der Waals surface area contributed by atoms with Gasteiger partial charge < -0.3 is 5.32 Å². The molecule has 0 saturated heterocycles. The first-order valence-corrected chi connectivity index (χ1v) is 7.71. The maximum Gasteiger partial charge on any atom is 0.137 e. The van der Waals surface area contributed by atoms with Gasteiger partial charge in [0.25, 0.3) is 0 Å². The van der Waals surface area contributed by atoms with E-state index in [4.69, 9.17) is 11.6 Å². The Morgan fingerprint density at radius 3 is 2.81 bits per heavy atom. The van der Waals surface area contributed by atoms with Crippen LogP contribution in [-0.2, 0) is 6.54 Å². The largest absolute Gasteiger partial charge is 0.365 e. The highest BCUT2D eigenvalue weighted by atomic mass is 79.9. The van der Waals surface area contributed by atoms with Crippen molar-refractivity contribution in [2.45, 2.75) is 13.5 Å². The molecule has 21 heavy (non-hydrogen) atoms. The molecule has 0 amide bonds. The number of anilines is 1. The molecule has 3 rings (SSSR count). The first-order chi connectivity index (χ1) is 10.1. The normalized spacial score (nSPS) is 10.8. The van der Waals surface area contributed by atoms with E-state index in [1.54, 1.807) is 0 Å². The molecule has 0 radical (unpaired) electrons. The van der Waals surface area contributed by atoms with Crippen LogP contribution >= 0.6 is 27.5 Å². The van der Waals surface area contributed by atoms with Gasteiger partial charge in [-0.2, -0.15) is 0 Å². The summed E-state index contributed by atoms with van der Waals surface area (Å²) in [6.45, 7) is 2.56. The van der Waals surface area contributed by atoms with Crippen molar-refractivity contribution < 1.29 is 0 Å². The average Bonchev–Trinajstić information content (AvgIpc) is 2.45. The van der Waals surface area contributed by atoms with Crippen LogP contribution in [0.25, 0.3) is 10.9 Å². The summed E-state index contributed by atoms with van der Waals surface area (Å²) in [5.74, 6) is 1.58. The molecule has 5 heteroatoms. The van der Waals surface area contributed by atoms with Gasteiger partial charge in [0, 0.05) is 21.4 Å². The number of aryl methyl sites for hydroxylation is 1. The number of nitrogens with zero attached hydrogens (tertiary/aromatic N) is 2. The third kappa shape index (κ3) is 3.34. The summed E-state index contributed by atoms with van der Waals surface area (Å²) < 4.78 is 1.01. The minimum absolute atomic E-state index is 0.665. The number of hydrogen-bond acceptors (Lipinski definition) is 3. The van der Waals surface area contributed by atoms with E-state index < -0.39 is 0 Å². The van der Waals surface area contributed by atoms with Crippen molar-refractivity contribution in [2.75, 3.05) is 5.32 Å². The van der Waals surface area contributed by atoms with Crippen LogP contribution in [-0.4, -0.2) is 9.97 Å². The fourth-order valence-electron chi connectivity index (χ4n) is 2.18. The molecule has 0 aliphatic carbocycles. The van der Waals surface area contributed by atoms with Crippen molar-refractivity contribution in [1.29, 1.82) is 0 Å². The van der Waals surface area contributed by atoms with Crippen LogP contribution < -0.4 is 5.32 Å². The van der Waals surface area contributed by atoms with Crippen LogP contribution in [0.2, 0.25) is 5.02 Å². The number of nitrogens with one attached hydrogen (secondary N) is 1. The van der Waals surface area contributed by atoms with Crippen molar-refractivity contribution >= 4 is 44.3 Å². The van der Waals surface area contributed by atoms with E-state index in [1.165, 1.54) is 0 Å². The Kier molecular flexibility index (Phi) is 4.08. The molecular formula is C16H13BrClN3. The molecule has 0 unspecified atom stereocenters. The zero-order valence-electron chi connectivity index (χ0n) is 11.4. The van der Waals surface area contributed by atoms with Crippen molar-refractivity contribution in [1.82, 2.24) is 9.97 Å². The van der Waals surface area contributed by atoms with Gasteiger partial charge in [-0.1, -0.05) is 39.7 Å². The standard InChI is InChI=1S/C16H13BrClN3/c1-10-20-15-6-5-12(17)8-14(15)16(21-10)19-9-11-3-2-4-13(18)7-11/h2-8H,9H2,1H3,(H,19,20,21). The number of hydrogen-bond donors (Lipinski definition) is 1. The highest BCUT2D eigenvalue weighted by Crippen LogP contribution is 2.24. The van der Waals surface area contributed by atoms with E-state index in [0.29, 0.717) is 6.54 Å². The maximum absolute atomic E-state index is 6.01. The number of benzene rings is 2. The Balaban J connectivity index is 1.94. The number of rotatable bonds is 3. The van der Waals surface area contributed by atoms with Gasteiger partial charge in [-0.25, -0.2) is 9.97 Å². The highest BCUT2D eigenvalue weighted by molar-refractivity contribution is 9.10. The van der Waals surface area contributed by atoms with Crippen LogP contribution in [0.1, 0.15) is 11.4 Å². The molecule has 3 nitrogen and oxygen atoms in total. The van der Waals surface area contributed by atoms with Crippen LogP contribution in [0.5, 0.6) is 0 Å². The van der Waals surface area contributed by atoms with E-state index in [1.807, 2.05) is 49.4 Å². The monoisotopic (exact) mass is 361 g/mol. The summed E-state index contributed by atoms with van der Waals surface area (Å²) in [7, 11) is 0. The van der Waals surface area contributed by atoms with Crippen LogP contribution in [0.4, 0.5) is 5.82 Å². The van der Waals surface area contributed by atoms with Crippen molar-refractivity contribution in [3.05, 3.63) is 63.3 Å². The molecule has 0 aliphatic rings. The van der Waals surface area contributed by atoms with Crippen molar-refractivity contribution in [3.63, 3.8) is 0 Å². The quantitative estimate of drug-likeness (QED) is 0.715. The van der Waals surface area contributed by atoms with Gasteiger partial charge in [-0.05, 0) is 42.8 Å². The maximum atomic E-state index is 6.01. The molecule has 106 valence electrons. The summed E-state index contributed by atoms with van der Waals surface area (Å²) in [6.07, 6.45) is 0. The van der Waals surface area contributed by atoms with E-state index in [0.717, 1.165) is 37.6 Å². The topological polar surface area (TPSA) is 37.8 Å². The van der Waals surface area contributed by atoms with Gasteiger partial charge in [0.05, 0.1) is 5.52 Å². The molecule has 0 saturated carbocycles. The summed E-state index contributed by atoms with van der Waals surface area (Å²) in [5.41, 5.74) is 2.04. The van der Waals surface area contributed by atoms with Crippen LogP contribution in [0, 0.1) is 6.92 Å². The number of aromatic nitrogens is 2. The SMILES string of the molecule is Cc1nc(NCc2cccc(Cl)c2)c2cc(Br)ccc2n1. The predicted molar refractivity (Wildman–Crippen MR) is 90.8 cm³/mol. The summed E-state index contributed by atoms with van der Waals surface area (Å²) >= 11 is 9.50. The zero-order valence-corrected chi connectivity index (χ0v) is 13.7. The molecule has 1 N–H and O–H groups in total. The minimum atomic E-state index is 0.665. The zero-order chi connectivity index (χ0) is 14.8. The lowest BCUT2D eigenvalue weighted by atomic mass is 10.2. The van der Waals surface area contributed by atoms with Crippen LogP contribution in [0.3, 0.4) is 0 Å². The fourth-order valence-corrected chi connectivity index (χ4v) is 2.76. The molecule has 1 heterocycles. The molecule has 0 atom stereocenters. The molecule has 0 bridgehead atoms. The van der Waals surface area contributed by atoms with Crippen LogP contribution in [0.15, 0.2) is 46.9 Å². The Morgan fingerprint density at radius 2 is 2.00 bits per heavy atom. The van der Waals surface area contributed by atoms with Crippen molar-refractivity contribution in [3.8, 4) is 0 Å². The molecule has 2 aromatic carbocycles. The van der Waals surface area contributed by atoms with E-state index >= 15 is 0 Å². The molecular weight excluding hydrogens is 350 g/mol. The first-order valence-electron chi connectivity index (χ1n) is 6.54. The van der Waals surface area contributed by atoms with Gasteiger partial charge in [-0.15, -0.1) is 0 Å². The fraction of sp³-hybridized carbons (Fsp3) is 0.125. The van der Waals surface area contributed by atoms with Gasteiger partial charge in [0.1, 0.15) is 11.6 Å². The Hall–Kier alpha value is -1.65. The molecule has 3 aromatic rings. The van der Waals surface area contributed by atoms with Gasteiger partial charge in [-0.3, -0.25) is 0 Å². The molecule has 1 aromatic heterocycles. The second-order valence-corrected chi connectivity index (χ2v) is 6.12. The Labute approximate surface area is 136 Å². The summed E-state index contributed by atoms with van der Waals surface area (Å²) in [4.78, 5) is 8.96. The molecule has 0 fully saturated rings. The second-order valence-electron chi connectivity index (χ2n) is 4.76.